The van der Waals surface area contributed by atoms with Gasteiger partial charge in [-0.25, -0.2) is 0 Å². The van der Waals surface area contributed by atoms with E-state index < -0.39 is 23.9 Å². The standard InChI is InChI=1S/C11H12F6N2O2/c12-10(13,14)8(20)2-6-18-4-1-5-19-7-3-9(21)11(15,16)17/h2-3,6-7,18-19H,1,4-5H2/b6-2-,7-3-. The number of rotatable bonds is 8. The summed E-state index contributed by atoms with van der Waals surface area (Å²) in [6.07, 6.45) is -7.18. The zero-order valence-corrected chi connectivity index (χ0v) is 10.5. The molecule has 0 atom stereocenters. The van der Waals surface area contributed by atoms with Gasteiger partial charge in [-0.05, 0) is 6.42 Å². The molecular weight excluding hydrogens is 306 g/mol. The fourth-order valence-corrected chi connectivity index (χ4v) is 0.917. The molecule has 0 spiro atoms. The molecule has 10 heteroatoms. The molecule has 0 radical (unpaired) electrons. The third-order valence-corrected chi connectivity index (χ3v) is 1.91. The van der Waals surface area contributed by atoms with Gasteiger partial charge >= 0.3 is 12.4 Å². The Morgan fingerprint density at radius 1 is 0.762 bits per heavy atom. The lowest BCUT2D eigenvalue weighted by molar-refractivity contribution is -0.165. The summed E-state index contributed by atoms with van der Waals surface area (Å²) >= 11 is 0. The Morgan fingerprint density at radius 2 is 1.10 bits per heavy atom. The molecule has 0 rings (SSSR count). The second-order valence-corrected chi connectivity index (χ2v) is 3.65. The van der Waals surface area contributed by atoms with Crippen LogP contribution >= 0.6 is 0 Å². The van der Waals surface area contributed by atoms with Crippen LogP contribution in [-0.4, -0.2) is 37.0 Å². The van der Waals surface area contributed by atoms with Gasteiger partial charge in [-0.3, -0.25) is 9.59 Å². The molecule has 0 heterocycles. The zero-order chi connectivity index (χ0) is 16.5. The minimum atomic E-state index is -4.92. The third-order valence-electron chi connectivity index (χ3n) is 1.91. The summed E-state index contributed by atoms with van der Waals surface area (Å²) in [5.41, 5.74) is 0. The van der Waals surface area contributed by atoms with E-state index in [1.807, 2.05) is 0 Å². The summed E-state index contributed by atoms with van der Waals surface area (Å²) < 4.78 is 70.6. The Morgan fingerprint density at radius 3 is 1.38 bits per heavy atom. The first kappa shape index (κ1) is 19.0. The van der Waals surface area contributed by atoms with E-state index in [1.165, 1.54) is 0 Å². The number of carbonyl (C=O) groups excluding carboxylic acids is 2. The fourth-order valence-electron chi connectivity index (χ4n) is 0.917. The Hall–Kier alpha value is -2.00. The number of alkyl halides is 6. The quantitative estimate of drug-likeness (QED) is 0.407. The maximum absolute atomic E-state index is 11.8. The van der Waals surface area contributed by atoms with Crippen molar-refractivity contribution in [3.8, 4) is 0 Å². The Balaban J connectivity index is 3.71. The lowest BCUT2D eigenvalue weighted by Gasteiger charge is -2.03. The van der Waals surface area contributed by atoms with Crippen molar-refractivity contribution < 1.29 is 35.9 Å². The molecule has 0 aliphatic heterocycles. The van der Waals surface area contributed by atoms with Crippen molar-refractivity contribution in [2.75, 3.05) is 13.1 Å². The van der Waals surface area contributed by atoms with Crippen molar-refractivity contribution in [2.45, 2.75) is 18.8 Å². The predicted molar refractivity (Wildman–Crippen MR) is 61.0 cm³/mol. The molecule has 0 aliphatic rings. The van der Waals surface area contributed by atoms with Crippen molar-refractivity contribution in [3.63, 3.8) is 0 Å². The molecule has 0 aromatic carbocycles. The van der Waals surface area contributed by atoms with Crippen molar-refractivity contribution in [1.82, 2.24) is 10.6 Å². The number of ketones is 2. The molecule has 0 bridgehead atoms. The molecule has 0 aromatic heterocycles. The lowest BCUT2D eigenvalue weighted by atomic mass is 10.3. The number of carbonyl (C=O) groups is 2. The van der Waals surface area contributed by atoms with E-state index in [0.29, 0.717) is 18.6 Å². The fraction of sp³-hybridized carbons (Fsp3) is 0.455. The Bertz CT molecular complexity index is 374. The van der Waals surface area contributed by atoms with Gasteiger partial charge in [0.2, 0.25) is 0 Å². The molecule has 0 saturated heterocycles. The SMILES string of the molecule is O=C(/C=C\NCCCN/C=C\C(=O)C(F)(F)F)C(F)(F)F. The summed E-state index contributed by atoms with van der Waals surface area (Å²) in [4.78, 5) is 20.8. The molecule has 0 aromatic rings. The first-order valence-electron chi connectivity index (χ1n) is 5.57. The number of nitrogens with one attached hydrogen (secondary N) is 2. The van der Waals surface area contributed by atoms with Crippen molar-refractivity contribution >= 4 is 11.6 Å². The molecular formula is C11H12F6N2O2. The maximum Gasteiger partial charge on any atom is 0.454 e. The molecule has 2 N–H and O–H groups in total. The lowest BCUT2D eigenvalue weighted by Crippen LogP contribution is -2.22. The van der Waals surface area contributed by atoms with E-state index in [0.717, 1.165) is 12.4 Å². The minimum absolute atomic E-state index is 0.190. The van der Waals surface area contributed by atoms with E-state index in [1.54, 1.807) is 0 Å². The normalized spacial score (nSPS) is 12.9. The number of hydrogen-bond acceptors (Lipinski definition) is 4. The smallest absolute Gasteiger partial charge is 0.391 e. The van der Waals surface area contributed by atoms with Crippen molar-refractivity contribution in [3.05, 3.63) is 24.6 Å². The molecule has 0 aliphatic carbocycles. The summed E-state index contributed by atoms with van der Waals surface area (Å²) in [6, 6.07) is 0. The van der Waals surface area contributed by atoms with Gasteiger partial charge in [0.25, 0.3) is 11.6 Å². The van der Waals surface area contributed by atoms with Crippen LogP contribution in [0, 0.1) is 0 Å². The third kappa shape index (κ3) is 9.52. The summed E-state index contributed by atoms with van der Waals surface area (Å²) in [5.74, 6) is -4.00. The summed E-state index contributed by atoms with van der Waals surface area (Å²) in [5, 5.41) is 4.80. The van der Waals surface area contributed by atoms with Crippen LogP contribution < -0.4 is 10.6 Å². The van der Waals surface area contributed by atoms with E-state index >= 15 is 0 Å². The highest BCUT2D eigenvalue weighted by Gasteiger charge is 2.36. The number of allylic oxidation sites excluding steroid dienone is 2. The van der Waals surface area contributed by atoms with Gasteiger partial charge in [0.1, 0.15) is 0 Å². The molecule has 4 nitrogen and oxygen atoms in total. The second kappa shape index (κ2) is 8.32. The average Bonchev–Trinajstić information content (AvgIpc) is 2.33. The molecule has 0 fully saturated rings. The number of halogens is 6. The van der Waals surface area contributed by atoms with E-state index in [4.69, 9.17) is 0 Å². The Kier molecular flexibility index (Phi) is 7.53. The predicted octanol–water partition coefficient (Wildman–Crippen LogP) is 1.85. The molecule has 0 saturated carbocycles. The highest BCUT2D eigenvalue weighted by Crippen LogP contribution is 2.16. The van der Waals surface area contributed by atoms with Crippen LogP contribution in [0.2, 0.25) is 0 Å². The van der Waals surface area contributed by atoms with Gasteiger partial charge in [0, 0.05) is 37.6 Å². The van der Waals surface area contributed by atoms with Crippen LogP contribution in [-0.2, 0) is 9.59 Å². The van der Waals surface area contributed by atoms with Crippen LogP contribution in [0.1, 0.15) is 6.42 Å². The van der Waals surface area contributed by atoms with Crippen LogP contribution in [0.5, 0.6) is 0 Å². The van der Waals surface area contributed by atoms with Gasteiger partial charge in [0.15, 0.2) is 0 Å². The molecule has 0 unspecified atom stereocenters. The number of hydrogen-bond donors (Lipinski definition) is 2. The van der Waals surface area contributed by atoms with Gasteiger partial charge < -0.3 is 10.6 Å². The van der Waals surface area contributed by atoms with Gasteiger partial charge in [-0.15, -0.1) is 0 Å². The molecule has 21 heavy (non-hydrogen) atoms. The zero-order valence-electron chi connectivity index (χ0n) is 10.5. The second-order valence-electron chi connectivity index (χ2n) is 3.65. The molecule has 0 amide bonds. The first-order valence-corrected chi connectivity index (χ1v) is 5.57. The van der Waals surface area contributed by atoms with Crippen molar-refractivity contribution in [1.29, 1.82) is 0 Å². The van der Waals surface area contributed by atoms with Gasteiger partial charge in [0.05, 0.1) is 0 Å². The van der Waals surface area contributed by atoms with Crippen LogP contribution in [0.25, 0.3) is 0 Å². The highest BCUT2D eigenvalue weighted by atomic mass is 19.4. The summed E-state index contributed by atoms with van der Waals surface area (Å²) in [7, 11) is 0. The minimum Gasteiger partial charge on any atom is -0.391 e. The Labute approximate surface area is 115 Å². The van der Waals surface area contributed by atoms with Crippen molar-refractivity contribution in [2.24, 2.45) is 0 Å². The average molecular weight is 318 g/mol. The first-order chi connectivity index (χ1) is 9.55. The van der Waals surface area contributed by atoms with E-state index in [9.17, 15) is 35.9 Å². The van der Waals surface area contributed by atoms with Crippen LogP contribution in [0.15, 0.2) is 24.6 Å². The largest absolute Gasteiger partial charge is 0.454 e. The monoisotopic (exact) mass is 318 g/mol. The summed E-state index contributed by atoms with van der Waals surface area (Å²) in [6.45, 7) is 0.380. The van der Waals surface area contributed by atoms with Gasteiger partial charge in [-0.1, -0.05) is 0 Å². The van der Waals surface area contributed by atoms with Gasteiger partial charge in [-0.2, -0.15) is 26.3 Å². The van der Waals surface area contributed by atoms with Crippen LogP contribution in [0.3, 0.4) is 0 Å². The van der Waals surface area contributed by atoms with E-state index in [2.05, 4.69) is 10.6 Å². The molecule has 120 valence electrons. The highest BCUT2D eigenvalue weighted by molar-refractivity contribution is 5.94. The maximum atomic E-state index is 11.8. The van der Waals surface area contributed by atoms with E-state index in [-0.39, 0.29) is 13.1 Å². The topological polar surface area (TPSA) is 58.2 Å². The van der Waals surface area contributed by atoms with Crippen LogP contribution in [0.4, 0.5) is 26.3 Å².